The van der Waals surface area contributed by atoms with Gasteiger partial charge in [-0.05, 0) is 18.8 Å². The van der Waals surface area contributed by atoms with Crippen LogP contribution in [0.2, 0.25) is 0 Å². The van der Waals surface area contributed by atoms with Gasteiger partial charge < -0.3 is 4.98 Å². The van der Waals surface area contributed by atoms with E-state index in [0.29, 0.717) is 12.5 Å². The fourth-order valence-corrected chi connectivity index (χ4v) is 2.08. The van der Waals surface area contributed by atoms with Crippen LogP contribution >= 0.6 is 0 Å². The molecule has 0 atom stereocenters. The Morgan fingerprint density at radius 2 is 2.07 bits per heavy atom. The summed E-state index contributed by atoms with van der Waals surface area (Å²) in [6.45, 7) is 0.578. The fourth-order valence-electron chi connectivity index (χ4n) is 2.08. The standard InChI is InChI=1S/C10H14N2O2/c13-9-5-6-11-10(14)12(9)7-8-3-1-2-4-8/h5-6,8H,1-4,7H2,(H,11,14). The molecule has 0 aromatic carbocycles. The largest absolute Gasteiger partial charge is 0.328 e. The summed E-state index contributed by atoms with van der Waals surface area (Å²) in [5.41, 5.74) is -0.481. The van der Waals surface area contributed by atoms with Crippen molar-refractivity contribution < 1.29 is 0 Å². The average Bonchev–Trinajstić information content (AvgIpc) is 2.64. The molecule has 0 saturated heterocycles. The molecule has 76 valence electrons. The normalized spacial score (nSPS) is 17.4. The fraction of sp³-hybridized carbons (Fsp3) is 0.600. The molecule has 0 radical (unpaired) electrons. The van der Waals surface area contributed by atoms with Crippen molar-refractivity contribution in [2.75, 3.05) is 0 Å². The predicted octanol–water partition coefficient (Wildman–Crippen LogP) is 0.727. The summed E-state index contributed by atoms with van der Waals surface area (Å²) in [5, 5.41) is 0. The number of H-pyrrole nitrogens is 1. The molecular weight excluding hydrogens is 180 g/mol. The Hall–Kier alpha value is -1.32. The Balaban J connectivity index is 2.23. The van der Waals surface area contributed by atoms with Crippen molar-refractivity contribution in [1.29, 1.82) is 0 Å². The number of hydrogen-bond acceptors (Lipinski definition) is 2. The Kier molecular flexibility index (Phi) is 2.52. The third-order valence-electron chi connectivity index (χ3n) is 2.86. The molecule has 4 heteroatoms. The minimum absolute atomic E-state index is 0.194. The Morgan fingerprint density at radius 3 is 2.71 bits per heavy atom. The van der Waals surface area contributed by atoms with Crippen LogP contribution in [0.15, 0.2) is 21.9 Å². The highest BCUT2D eigenvalue weighted by Crippen LogP contribution is 2.25. The summed E-state index contributed by atoms with van der Waals surface area (Å²) in [6, 6.07) is 1.40. The monoisotopic (exact) mass is 194 g/mol. The third-order valence-corrected chi connectivity index (χ3v) is 2.86. The number of hydrogen-bond donors (Lipinski definition) is 1. The van der Waals surface area contributed by atoms with Gasteiger partial charge in [0.15, 0.2) is 0 Å². The van der Waals surface area contributed by atoms with Crippen molar-refractivity contribution in [3.8, 4) is 0 Å². The number of rotatable bonds is 2. The summed E-state index contributed by atoms with van der Waals surface area (Å²) in [6.07, 6.45) is 6.13. The van der Waals surface area contributed by atoms with Crippen LogP contribution in [0, 0.1) is 5.92 Å². The predicted molar refractivity (Wildman–Crippen MR) is 53.3 cm³/mol. The molecule has 1 aliphatic carbocycles. The average molecular weight is 194 g/mol. The van der Waals surface area contributed by atoms with Crippen LogP contribution < -0.4 is 11.2 Å². The van der Waals surface area contributed by atoms with E-state index in [4.69, 9.17) is 0 Å². The molecule has 2 rings (SSSR count). The van der Waals surface area contributed by atoms with Crippen molar-refractivity contribution in [1.82, 2.24) is 9.55 Å². The molecule has 0 spiro atoms. The first-order valence-corrected chi connectivity index (χ1v) is 5.06. The highest BCUT2D eigenvalue weighted by molar-refractivity contribution is 4.84. The van der Waals surface area contributed by atoms with Crippen LogP contribution in [-0.2, 0) is 6.54 Å². The Labute approximate surface area is 81.6 Å². The minimum atomic E-state index is -0.288. The second-order valence-electron chi connectivity index (χ2n) is 3.88. The van der Waals surface area contributed by atoms with Gasteiger partial charge in [0.05, 0.1) is 0 Å². The van der Waals surface area contributed by atoms with Gasteiger partial charge in [-0.25, -0.2) is 4.79 Å². The third kappa shape index (κ3) is 1.78. The maximum absolute atomic E-state index is 11.4. The van der Waals surface area contributed by atoms with E-state index in [1.807, 2.05) is 0 Å². The van der Waals surface area contributed by atoms with Crippen LogP contribution in [-0.4, -0.2) is 9.55 Å². The molecule has 4 nitrogen and oxygen atoms in total. The highest BCUT2D eigenvalue weighted by atomic mass is 16.2. The summed E-state index contributed by atoms with van der Waals surface area (Å²) in [4.78, 5) is 25.2. The first kappa shape index (κ1) is 9.24. The van der Waals surface area contributed by atoms with Crippen molar-refractivity contribution in [3.05, 3.63) is 33.1 Å². The van der Waals surface area contributed by atoms with Crippen molar-refractivity contribution in [2.24, 2.45) is 5.92 Å². The van der Waals surface area contributed by atoms with E-state index in [0.717, 1.165) is 12.8 Å². The first-order valence-electron chi connectivity index (χ1n) is 5.06. The van der Waals surface area contributed by atoms with Gasteiger partial charge in [0.2, 0.25) is 0 Å². The lowest BCUT2D eigenvalue weighted by molar-refractivity contribution is 0.436. The molecular formula is C10H14N2O2. The quantitative estimate of drug-likeness (QED) is 0.754. The highest BCUT2D eigenvalue weighted by Gasteiger charge is 2.16. The van der Waals surface area contributed by atoms with E-state index >= 15 is 0 Å². The molecule has 0 aliphatic heterocycles. The maximum atomic E-state index is 11.4. The van der Waals surface area contributed by atoms with Crippen molar-refractivity contribution >= 4 is 0 Å². The molecule has 1 N–H and O–H groups in total. The van der Waals surface area contributed by atoms with Gasteiger partial charge in [-0.15, -0.1) is 0 Å². The van der Waals surface area contributed by atoms with E-state index in [9.17, 15) is 9.59 Å². The lowest BCUT2D eigenvalue weighted by atomic mass is 10.1. The Morgan fingerprint density at radius 1 is 1.36 bits per heavy atom. The first-order chi connectivity index (χ1) is 6.77. The van der Waals surface area contributed by atoms with Gasteiger partial charge in [0.25, 0.3) is 5.56 Å². The van der Waals surface area contributed by atoms with E-state index in [2.05, 4.69) is 4.98 Å². The minimum Gasteiger partial charge on any atom is -0.314 e. The summed E-state index contributed by atoms with van der Waals surface area (Å²) in [5.74, 6) is 0.510. The van der Waals surface area contributed by atoms with Crippen LogP contribution in [0.3, 0.4) is 0 Å². The van der Waals surface area contributed by atoms with Crippen LogP contribution in [0.5, 0.6) is 0 Å². The molecule has 14 heavy (non-hydrogen) atoms. The van der Waals surface area contributed by atoms with E-state index in [1.165, 1.54) is 29.7 Å². The SMILES string of the molecule is O=c1cc[nH]c(=O)n1CC1CCCC1. The zero-order valence-corrected chi connectivity index (χ0v) is 8.03. The van der Waals surface area contributed by atoms with Gasteiger partial charge in [0, 0.05) is 18.8 Å². The summed E-state index contributed by atoms with van der Waals surface area (Å²) >= 11 is 0. The van der Waals surface area contributed by atoms with Crippen LogP contribution in [0.4, 0.5) is 0 Å². The summed E-state index contributed by atoms with van der Waals surface area (Å²) in [7, 11) is 0. The molecule has 1 saturated carbocycles. The molecule has 1 heterocycles. The number of aromatic amines is 1. The number of nitrogens with one attached hydrogen (secondary N) is 1. The van der Waals surface area contributed by atoms with Crippen LogP contribution in [0.25, 0.3) is 0 Å². The topological polar surface area (TPSA) is 54.9 Å². The van der Waals surface area contributed by atoms with E-state index in [1.54, 1.807) is 0 Å². The second kappa shape index (κ2) is 3.82. The molecule has 1 aromatic heterocycles. The lowest BCUT2D eigenvalue weighted by Gasteiger charge is -2.09. The van der Waals surface area contributed by atoms with Gasteiger partial charge in [-0.3, -0.25) is 9.36 Å². The number of aromatic nitrogens is 2. The van der Waals surface area contributed by atoms with Crippen LogP contribution in [0.1, 0.15) is 25.7 Å². The zero-order chi connectivity index (χ0) is 9.97. The van der Waals surface area contributed by atoms with Gasteiger partial charge in [0.1, 0.15) is 0 Å². The van der Waals surface area contributed by atoms with Gasteiger partial charge in [-0.1, -0.05) is 12.8 Å². The molecule has 0 bridgehead atoms. The van der Waals surface area contributed by atoms with E-state index in [-0.39, 0.29) is 11.2 Å². The van der Waals surface area contributed by atoms with E-state index < -0.39 is 0 Å². The van der Waals surface area contributed by atoms with Crippen molar-refractivity contribution in [3.63, 3.8) is 0 Å². The lowest BCUT2D eigenvalue weighted by Crippen LogP contribution is -2.35. The molecule has 0 unspecified atom stereocenters. The second-order valence-corrected chi connectivity index (χ2v) is 3.88. The maximum Gasteiger partial charge on any atom is 0.328 e. The smallest absolute Gasteiger partial charge is 0.314 e. The molecule has 1 aromatic rings. The number of nitrogens with zero attached hydrogens (tertiary/aromatic N) is 1. The summed E-state index contributed by atoms with van der Waals surface area (Å²) < 4.78 is 1.30. The Bertz CT molecular complexity index is 384. The van der Waals surface area contributed by atoms with Crippen molar-refractivity contribution in [2.45, 2.75) is 32.2 Å². The molecule has 1 aliphatic rings. The molecule has 0 amide bonds. The van der Waals surface area contributed by atoms with Gasteiger partial charge in [-0.2, -0.15) is 0 Å². The molecule has 1 fully saturated rings. The van der Waals surface area contributed by atoms with Gasteiger partial charge >= 0.3 is 5.69 Å². The zero-order valence-electron chi connectivity index (χ0n) is 8.03.